The summed E-state index contributed by atoms with van der Waals surface area (Å²) in [5.74, 6) is -1.68. The van der Waals surface area contributed by atoms with Gasteiger partial charge >= 0.3 is 0 Å². The first kappa shape index (κ1) is 24.7. The van der Waals surface area contributed by atoms with Crippen molar-refractivity contribution in [1.29, 1.82) is 0 Å². The Balaban J connectivity index is 1.47. The van der Waals surface area contributed by atoms with Gasteiger partial charge in [0.2, 0.25) is 11.6 Å². The molecule has 9 nitrogen and oxygen atoms in total. The van der Waals surface area contributed by atoms with E-state index in [1.54, 1.807) is 28.4 Å². The fraction of sp³-hybridized carbons (Fsp3) is 0.654. The zero-order valence-corrected chi connectivity index (χ0v) is 21.1. The summed E-state index contributed by atoms with van der Waals surface area (Å²) in [5, 5.41) is 4.41. The van der Waals surface area contributed by atoms with Crippen molar-refractivity contribution in [3.63, 3.8) is 0 Å². The van der Waals surface area contributed by atoms with Crippen molar-refractivity contribution in [2.45, 2.75) is 56.4 Å². The van der Waals surface area contributed by atoms with Crippen LogP contribution in [0, 0.1) is 17.8 Å². The van der Waals surface area contributed by atoms with Gasteiger partial charge < -0.3 is 38.0 Å². The van der Waals surface area contributed by atoms with Crippen LogP contribution >= 0.6 is 0 Å². The third-order valence-electron chi connectivity index (χ3n) is 8.06. The summed E-state index contributed by atoms with van der Waals surface area (Å²) in [6, 6.07) is 7.87. The van der Waals surface area contributed by atoms with Crippen molar-refractivity contribution in [1.82, 2.24) is 0 Å². The largest absolute Gasteiger partial charge is 0.497 e. The predicted octanol–water partition coefficient (Wildman–Crippen LogP) is 2.92. The standard InChI is InChI=1S/C26H35NO8/c1-25(30-5)26(2,31-6)34-24-21-19(32-13-15-7-9-16(29-4)10-8-15)12-11-18-20(21)22(35-27-18)17(14-28-3)23(24)33-25/h7-12,17,19-24H,13-14H2,1-6H3/t17-,19+,20+,21-,22-,23-,24-,25+,26+/m1/s1. The topological polar surface area (TPSA) is 86.2 Å². The van der Waals surface area contributed by atoms with Crippen LogP contribution in [0.1, 0.15) is 19.4 Å². The molecule has 1 saturated carbocycles. The van der Waals surface area contributed by atoms with E-state index in [0.29, 0.717) is 13.2 Å². The van der Waals surface area contributed by atoms with Gasteiger partial charge in [0.05, 0.1) is 56.2 Å². The highest BCUT2D eigenvalue weighted by molar-refractivity contribution is 5.99. The zero-order valence-electron chi connectivity index (χ0n) is 21.1. The maximum Gasteiger partial charge on any atom is 0.220 e. The lowest BCUT2D eigenvalue weighted by Crippen LogP contribution is -2.73. The van der Waals surface area contributed by atoms with E-state index in [4.69, 9.17) is 38.0 Å². The SMILES string of the molecule is COC[C@H]1[C@H]2O[C@](C)(OC)[C@@](C)(OC)O[C@@H]2[C@H]2[C@@H]3C(=NO[C@H]13)C=C[C@@H]2OCc1ccc(OC)cc1. The highest BCUT2D eigenvalue weighted by Gasteiger charge is 2.67. The maximum atomic E-state index is 6.75. The van der Waals surface area contributed by atoms with Crippen molar-refractivity contribution in [2.75, 3.05) is 35.0 Å². The number of hydrogen-bond donors (Lipinski definition) is 0. The van der Waals surface area contributed by atoms with Crippen LogP contribution in [-0.4, -0.2) is 76.7 Å². The molecule has 2 aliphatic carbocycles. The van der Waals surface area contributed by atoms with E-state index < -0.39 is 11.6 Å². The highest BCUT2D eigenvalue weighted by atomic mass is 16.8. The molecule has 1 aromatic carbocycles. The molecular formula is C26H35NO8. The second-order valence-corrected chi connectivity index (χ2v) is 9.76. The van der Waals surface area contributed by atoms with Crippen molar-refractivity contribution < 1.29 is 38.0 Å². The van der Waals surface area contributed by atoms with Gasteiger partial charge in [0.25, 0.3) is 0 Å². The van der Waals surface area contributed by atoms with Gasteiger partial charge in [-0.25, -0.2) is 0 Å². The molecule has 2 aliphatic heterocycles. The number of rotatable bonds is 8. The Labute approximate surface area is 206 Å². The van der Waals surface area contributed by atoms with Crippen LogP contribution < -0.4 is 4.74 Å². The Morgan fingerprint density at radius 2 is 1.60 bits per heavy atom. The molecular weight excluding hydrogens is 454 g/mol. The number of nitrogens with zero attached hydrogens (tertiary/aromatic N) is 1. The van der Waals surface area contributed by atoms with E-state index in [1.807, 2.05) is 50.3 Å². The second kappa shape index (κ2) is 9.46. The van der Waals surface area contributed by atoms with Crippen LogP contribution in [0.4, 0.5) is 0 Å². The second-order valence-electron chi connectivity index (χ2n) is 9.76. The Kier molecular flexibility index (Phi) is 6.67. The predicted molar refractivity (Wildman–Crippen MR) is 126 cm³/mol. The average Bonchev–Trinajstić information content (AvgIpc) is 3.31. The van der Waals surface area contributed by atoms with Crippen molar-refractivity contribution >= 4 is 5.71 Å². The first-order chi connectivity index (χ1) is 16.9. The zero-order chi connectivity index (χ0) is 24.8. The smallest absolute Gasteiger partial charge is 0.220 e. The molecule has 35 heavy (non-hydrogen) atoms. The van der Waals surface area contributed by atoms with E-state index in [9.17, 15) is 0 Å². The summed E-state index contributed by atoms with van der Waals surface area (Å²) in [6.45, 7) is 4.55. The molecule has 2 fully saturated rings. The van der Waals surface area contributed by atoms with Gasteiger partial charge in [-0.3, -0.25) is 0 Å². The molecule has 4 aliphatic rings. The number of ether oxygens (including phenoxy) is 7. The molecule has 0 N–H and O–H groups in total. The van der Waals surface area contributed by atoms with Crippen LogP contribution in [0.2, 0.25) is 0 Å². The molecule has 0 bridgehead atoms. The number of methoxy groups -OCH3 is 4. The third-order valence-corrected chi connectivity index (χ3v) is 8.06. The van der Waals surface area contributed by atoms with Gasteiger partial charge in [0.1, 0.15) is 11.9 Å². The Hall–Kier alpha value is -2.01. The normalized spacial score (nSPS) is 41.5. The number of benzene rings is 1. The van der Waals surface area contributed by atoms with Gasteiger partial charge in [-0.15, -0.1) is 0 Å². The highest BCUT2D eigenvalue weighted by Crippen LogP contribution is 2.53. The first-order valence-electron chi connectivity index (χ1n) is 12.0. The lowest BCUT2D eigenvalue weighted by Gasteiger charge is -2.59. The first-order valence-corrected chi connectivity index (χ1v) is 12.0. The molecule has 0 spiro atoms. The van der Waals surface area contributed by atoms with E-state index in [-0.39, 0.29) is 42.2 Å². The molecule has 5 rings (SSSR count). The Bertz CT molecular complexity index is 967. The molecule has 2 heterocycles. The molecule has 1 saturated heterocycles. The van der Waals surface area contributed by atoms with Crippen LogP contribution in [0.3, 0.4) is 0 Å². The molecule has 9 heteroatoms. The molecule has 0 amide bonds. The van der Waals surface area contributed by atoms with Gasteiger partial charge in [0, 0.05) is 27.2 Å². The van der Waals surface area contributed by atoms with Gasteiger partial charge in [-0.05, 0) is 37.6 Å². The van der Waals surface area contributed by atoms with Crippen LogP contribution in [0.5, 0.6) is 5.75 Å². The van der Waals surface area contributed by atoms with E-state index in [0.717, 1.165) is 17.0 Å². The molecule has 0 unspecified atom stereocenters. The van der Waals surface area contributed by atoms with E-state index in [1.165, 1.54) is 0 Å². The molecule has 0 radical (unpaired) electrons. The number of hydrogen-bond acceptors (Lipinski definition) is 9. The van der Waals surface area contributed by atoms with E-state index in [2.05, 4.69) is 5.16 Å². The van der Waals surface area contributed by atoms with Crippen LogP contribution in [0.25, 0.3) is 0 Å². The van der Waals surface area contributed by atoms with Gasteiger partial charge in [-0.2, -0.15) is 0 Å². The molecule has 0 aromatic heterocycles. The summed E-state index contributed by atoms with van der Waals surface area (Å²) in [7, 11) is 6.53. The summed E-state index contributed by atoms with van der Waals surface area (Å²) in [6.07, 6.45) is 2.86. The number of allylic oxidation sites excluding steroid dienone is 1. The van der Waals surface area contributed by atoms with Gasteiger partial charge in [0.15, 0.2) is 0 Å². The molecule has 192 valence electrons. The summed E-state index contributed by atoms with van der Waals surface area (Å²) in [5.41, 5.74) is 1.95. The minimum absolute atomic E-state index is 0.0149. The summed E-state index contributed by atoms with van der Waals surface area (Å²) < 4.78 is 42.4. The van der Waals surface area contributed by atoms with Crippen molar-refractivity contribution in [3.05, 3.63) is 42.0 Å². The molecule has 1 aromatic rings. The quantitative estimate of drug-likeness (QED) is 0.551. The van der Waals surface area contributed by atoms with Crippen LogP contribution in [0.15, 0.2) is 41.6 Å². The summed E-state index contributed by atoms with van der Waals surface area (Å²) >= 11 is 0. The Morgan fingerprint density at radius 1 is 0.914 bits per heavy atom. The summed E-state index contributed by atoms with van der Waals surface area (Å²) in [4.78, 5) is 5.98. The third kappa shape index (κ3) is 3.98. The van der Waals surface area contributed by atoms with E-state index >= 15 is 0 Å². The van der Waals surface area contributed by atoms with Gasteiger partial charge in [-0.1, -0.05) is 23.4 Å². The monoisotopic (exact) mass is 489 g/mol. The number of oxime groups is 1. The van der Waals surface area contributed by atoms with Crippen molar-refractivity contribution in [2.24, 2.45) is 22.9 Å². The minimum atomic E-state index is -1.13. The lowest BCUT2D eigenvalue weighted by molar-refractivity contribution is -0.466. The average molecular weight is 490 g/mol. The van der Waals surface area contributed by atoms with Crippen LogP contribution in [-0.2, 0) is 39.9 Å². The minimum Gasteiger partial charge on any atom is -0.497 e. The lowest BCUT2D eigenvalue weighted by atomic mass is 9.63. The maximum absolute atomic E-state index is 6.75. The fourth-order valence-electron chi connectivity index (χ4n) is 5.85. The Morgan fingerprint density at radius 3 is 2.23 bits per heavy atom. The molecule has 9 atom stereocenters. The fourth-order valence-corrected chi connectivity index (χ4v) is 5.85. The number of fused-ring (bicyclic) bond motifs is 2. The van der Waals surface area contributed by atoms with Crippen molar-refractivity contribution in [3.8, 4) is 5.75 Å².